The van der Waals surface area contributed by atoms with Crippen molar-refractivity contribution in [2.45, 2.75) is 33.2 Å². The molecule has 3 N–H and O–H groups in total. The molecule has 0 spiro atoms. The van der Waals surface area contributed by atoms with E-state index in [2.05, 4.69) is 20.9 Å². The molecule has 7 heteroatoms. The quantitative estimate of drug-likeness (QED) is 0.717. The molecule has 0 aliphatic rings. The maximum Gasteiger partial charge on any atom is 0.253 e. The number of anilines is 1. The zero-order valence-electron chi connectivity index (χ0n) is 12.5. The minimum atomic E-state index is -0.617. The van der Waals surface area contributed by atoms with Crippen LogP contribution < -0.4 is 16.0 Å². The molecule has 0 aliphatic carbocycles. The minimum absolute atomic E-state index is 0.230. The lowest BCUT2D eigenvalue weighted by Crippen LogP contribution is -2.44. The number of halogens is 1. The summed E-state index contributed by atoms with van der Waals surface area (Å²) >= 11 is 6.07. The van der Waals surface area contributed by atoms with E-state index in [1.165, 1.54) is 12.3 Å². The van der Waals surface area contributed by atoms with Gasteiger partial charge < -0.3 is 16.0 Å². The third kappa shape index (κ3) is 5.23. The van der Waals surface area contributed by atoms with E-state index < -0.39 is 6.04 Å². The van der Waals surface area contributed by atoms with Crippen LogP contribution in [0, 0.1) is 0 Å². The summed E-state index contributed by atoms with van der Waals surface area (Å²) in [6, 6.07) is 0.917. The normalized spacial score (nSPS) is 11.6. The first-order chi connectivity index (χ1) is 9.99. The predicted octanol–water partition coefficient (Wildman–Crippen LogP) is 1.81. The van der Waals surface area contributed by atoms with Crippen molar-refractivity contribution in [2.75, 3.05) is 18.4 Å². The number of hydrogen-bond donors (Lipinski definition) is 3. The molecule has 0 aromatic carbocycles. The number of hydrogen-bond acceptors (Lipinski definition) is 4. The van der Waals surface area contributed by atoms with Crippen LogP contribution in [0.25, 0.3) is 0 Å². The third-order valence-electron chi connectivity index (χ3n) is 2.74. The van der Waals surface area contributed by atoms with Crippen LogP contribution in [0.4, 0.5) is 5.82 Å². The number of pyridine rings is 1. The Bertz CT molecular complexity index is 508. The van der Waals surface area contributed by atoms with Crippen molar-refractivity contribution in [1.29, 1.82) is 0 Å². The Morgan fingerprint density at radius 2 is 2.10 bits per heavy atom. The molecule has 0 fully saturated rings. The molecule has 1 atom stereocenters. The predicted molar refractivity (Wildman–Crippen MR) is 83.6 cm³/mol. The van der Waals surface area contributed by atoms with Crippen molar-refractivity contribution < 1.29 is 9.59 Å². The molecule has 0 aliphatic heterocycles. The molecule has 0 radical (unpaired) electrons. The summed E-state index contributed by atoms with van der Waals surface area (Å²) in [5, 5.41) is 8.68. The summed E-state index contributed by atoms with van der Waals surface area (Å²) in [6.45, 7) is 6.75. The van der Waals surface area contributed by atoms with Crippen LogP contribution in [0.3, 0.4) is 0 Å². The van der Waals surface area contributed by atoms with Crippen molar-refractivity contribution in [2.24, 2.45) is 0 Å². The number of likely N-dealkylation sites (N-methyl/N-ethyl adjacent to an activating group) is 1. The van der Waals surface area contributed by atoms with Gasteiger partial charge in [0.15, 0.2) is 0 Å². The summed E-state index contributed by atoms with van der Waals surface area (Å²) in [5.74, 6) is -0.0665. The number of aromatic nitrogens is 1. The molecule has 6 nitrogen and oxygen atoms in total. The van der Waals surface area contributed by atoms with Gasteiger partial charge in [0.25, 0.3) is 5.91 Å². The average molecular weight is 313 g/mol. The molecule has 1 heterocycles. The highest BCUT2D eigenvalue weighted by Gasteiger charge is 2.17. The van der Waals surface area contributed by atoms with Crippen LogP contribution in [0.5, 0.6) is 0 Å². The highest BCUT2D eigenvalue weighted by molar-refractivity contribution is 6.33. The van der Waals surface area contributed by atoms with Crippen molar-refractivity contribution in [3.05, 3.63) is 22.8 Å². The molecular weight excluding hydrogens is 292 g/mol. The molecule has 1 aromatic heterocycles. The van der Waals surface area contributed by atoms with Crippen molar-refractivity contribution in [3.63, 3.8) is 0 Å². The van der Waals surface area contributed by atoms with Gasteiger partial charge in [-0.3, -0.25) is 9.59 Å². The lowest BCUT2D eigenvalue weighted by Gasteiger charge is -2.14. The van der Waals surface area contributed by atoms with Gasteiger partial charge in [0, 0.05) is 19.3 Å². The van der Waals surface area contributed by atoms with E-state index >= 15 is 0 Å². The summed E-state index contributed by atoms with van der Waals surface area (Å²) in [5.41, 5.74) is 0.318. The maximum atomic E-state index is 12.0. The third-order valence-corrected chi connectivity index (χ3v) is 3.03. The Balaban J connectivity index is 2.70. The van der Waals surface area contributed by atoms with Gasteiger partial charge in [-0.2, -0.15) is 0 Å². The second-order valence-electron chi connectivity index (χ2n) is 4.57. The van der Waals surface area contributed by atoms with E-state index in [4.69, 9.17) is 11.6 Å². The topological polar surface area (TPSA) is 83.1 Å². The number of nitrogens with one attached hydrogen (secondary N) is 3. The number of nitrogens with zero attached hydrogens (tertiary/aromatic N) is 1. The van der Waals surface area contributed by atoms with Gasteiger partial charge in [-0.1, -0.05) is 18.5 Å². The Morgan fingerprint density at radius 1 is 1.38 bits per heavy atom. The monoisotopic (exact) mass is 312 g/mol. The first-order valence-electron chi connectivity index (χ1n) is 6.97. The second-order valence-corrected chi connectivity index (χ2v) is 4.98. The zero-order valence-corrected chi connectivity index (χ0v) is 13.3. The largest absolute Gasteiger partial charge is 0.369 e. The van der Waals surface area contributed by atoms with Gasteiger partial charge in [0.1, 0.15) is 11.9 Å². The summed E-state index contributed by atoms with van der Waals surface area (Å²) < 4.78 is 0. The first kappa shape index (κ1) is 17.2. The molecule has 1 rings (SSSR count). The zero-order chi connectivity index (χ0) is 15.8. The summed E-state index contributed by atoms with van der Waals surface area (Å²) in [7, 11) is 0. The van der Waals surface area contributed by atoms with Crippen LogP contribution in [0.1, 0.15) is 37.6 Å². The highest BCUT2D eigenvalue weighted by Crippen LogP contribution is 2.20. The second kappa shape index (κ2) is 8.46. The molecule has 1 aromatic rings. The molecule has 116 valence electrons. The van der Waals surface area contributed by atoms with Crippen molar-refractivity contribution in [3.8, 4) is 0 Å². The van der Waals surface area contributed by atoms with E-state index in [1.807, 2.05) is 13.8 Å². The van der Waals surface area contributed by atoms with E-state index in [1.54, 1.807) is 6.92 Å². The van der Waals surface area contributed by atoms with Gasteiger partial charge in [-0.05, 0) is 26.3 Å². The summed E-state index contributed by atoms with van der Waals surface area (Å²) in [6.07, 6.45) is 2.38. The first-order valence-corrected chi connectivity index (χ1v) is 7.35. The summed E-state index contributed by atoms with van der Waals surface area (Å²) in [4.78, 5) is 27.7. The number of rotatable bonds is 7. The van der Waals surface area contributed by atoms with E-state index in [0.717, 1.165) is 13.0 Å². The SMILES string of the molecule is CCCNc1ncc(C(=O)NC(C)C(=O)NCC)cc1Cl. The molecule has 0 bridgehead atoms. The maximum absolute atomic E-state index is 12.0. The van der Waals surface area contributed by atoms with E-state index in [0.29, 0.717) is 22.9 Å². The minimum Gasteiger partial charge on any atom is -0.369 e. The smallest absolute Gasteiger partial charge is 0.253 e. The number of carbonyl (C=O) groups is 2. The van der Waals surface area contributed by atoms with Crippen molar-refractivity contribution >= 4 is 29.2 Å². The number of amides is 2. The molecule has 1 unspecified atom stereocenters. The number of carbonyl (C=O) groups excluding carboxylic acids is 2. The molecular formula is C14H21ClN4O2. The average Bonchev–Trinajstić information content (AvgIpc) is 2.46. The van der Waals surface area contributed by atoms with Gasteiger partial charge in [0.2, 0.25) is 5.91 Å². The molecule has 0 saturated carbocycles. The lowest BCUT2D eigenvalue weighted by molar-refractivity contribution is -0.122. The van der Waals surface area contributed by atoms with Gasteiger partial charge in [0.05, 0.1) is 10.6 Å². The molecule has 21 heavy (non-hydrogen) atoms. The standard InChI is InChI=1S/C14H21ClN4O2/c1-4-6-17-12-11(15)7-10(8-18-12)14(21)19-9(3)13(20)16-5-2/h7-9H,4-6H2,1-3H3,(H,16,20)(H,17,18)(H,19,21). The van der Waals surface area contributed by atoms with Crippen LogP contribution in [-0.2, 0) is 4.79 Å². The van der Waals surface area contributed by atoms with Gasteiger partial charge in [-0.15, -0.1) is 0 Å². The van der Waals surface area contributed by atoms with Gasteiger partial charge >= 0.3 is 0 Å². The Morgan fingerprint density at radius 3 is 2.67 bits per heavy atom. The van der Waals surface area contributed by atoms with Crippen LogP contribution >= 0.6 is 11.6 Å². The fourth-order valence-corrected chi connectivity index (χ4v) is 1.84. The van der Waals surface area contributed by atoms with E-state index in [9.17, 15) is 9.59 Å². The van der Waals surface area contributed by atoms with Gasteiger partial charge in [-0.25, -0.2) is 4.98 Å². The van der Waals surface area contributed by atoms with Crippen LogP contribution in [0.15, 0.2) is 12.3 Å². The fraction of sp³-hybridized carbons (Fsp3) is 0.500. The Labute approximate surface area is 129 Å². The Hall–Kier alpha value is -1.82. The fourth-order valence-electron chi connectivity index (χ4n) is 1.61. The molecule has 2 amide bonds. The van der Waals surface area contributed by atoms with Crippen molar-refractivity contribution in [1.82, 2.24) is 15.6 Å². The molecule has 0 saturated heterocycles. The lowest BCUT2D eigenvalue weighted by atomic mass is 10.2. The Kier molecular flexibility index (Phi) is 6.94. The van der Waals surface area contributed by atoms with Crippen LogP contribution in [-0.4, -0.2) is 35.9 Å². The van der Waals surface area contributed by atoms with E-state index in [-0.39, 0.29) is 11.8 Å². The highest BCUT2D eigenvalue weighted by atomic mass is 35.5. The van der Waals surface area contributed by atoms with Crippen LogP contribution in [0.2, 0.25) is 5.02 Å².